The van der Waals surface area contributed by atoms with Crippen molar-refractivity contribution in [2.75, 3.05) is 6.61 Å². The zero-order valence-electron chi connectivity index (χ0n) is 16.9. The van der Waals surface area contributed by atoms with Crippen molar-refractivity contribution in [3.8, 4) is 5.75 Å². The van der Waals surface area contributed by atoms with Crippen LogP contribution in [0, 0.1) is 0 Å². The molecule has 0 spiro atoms. The lowest BCUT2D eigenvalue weighted by atomic mass is 10.1. The van der Waals surface area contributed by atoms with E-state index in [0.29, 0.717) is 21.6 Å². The Morgan fingerprint density at radius 3 is 2.48 bits per heavy atom. The summed E-state index contributed by atoms with van der Waals surface area (Å²) >= 11 is 12.1. The maximum atomic E-state index is 13.0. The van der Waals surface area contributed by atoms with Gasteiger partial charge in [-0.3, -0.25) is 9.59 Å². The minimum atomic E-state index is -0.743. The van der Waals surface area contributed by atoms with Crippen molar-refractivity contribution in [3.05, 3.63) is 88.3 Å². The highest BCUT2D eigenvalue weighted by Crippen LogP contribution is 2.23. The van der Waals surface area contributed by atoms with E-state index in [9.17, 15) is 9.59 Å². The predicted octanol–water partition coefficient (Wildman–Crippen LogP) is 4.70. The molecule has 0 radical (unpaired) electrons. The second kappa shape index (κ2) is 10.9. The Kier molecular flexibility index (Phi) is 7.98. The Hall–Kier alpha value is -2.96. The molecule has 0 aliphatic heterocycles. The third kappa shape index (κ3) is 6.51. The molecular formula is C23H22Cl2N2O4. The molecular weight excluding hydrogens is 439 g/mol. The molecule has 3 rings (SSSR count). The summed E-state index contributed by atoms with van der Waals surface area (Å²) in [5.41, 5.74) is 0.834. The first-order valence-corrected chi connectivity index (χ1v) is 10.4. The number of halogens is 2. The third-order valence-electron chi connectivity index (χ3n) is 4.64. The summed E-state index contributed by atoms with van der Waals surface area (Å²) in [6, 6.07) is 16.8. The molecule has 1 heterocycles. The molecule has 31 heavy (non-hydrogen) atoms. The number of hydrogen-bond donors (Lipinski definition) is 1. The highest BCUT2D eigenvalue weighted by Gasteiger charge is 2.26. The predicted molar refractivity (Wildman–Crippen MR) is 119 cm³/mol. The molecule has 8 heteroatoms. The minimum absolute atomic E-state index is 0.219. The second-order valence-corrected chi connectivity index (χ2v) is 7.68. The Morgan fingerprint density at radius 1 is 1.06 bits per heavy atom. The average molecular weight is 461 g/mol. The zero-order valence-corrected chi connectivity index (χ0v) is 18.4. The van der Waals surface area contributed by atoms with Crippen molar-refractivity contribution in [3.63, 3.8) is 0 Å². The van der Waals surface area contributed by atoms with Gasteiger partial charge in [0.25, 0.3) is 5.91 Å². The van der Waals surface area contributed by atoms with Crippen molar-refractivity contribution >= 4 is 35.0 Å². The molecule has 162 valence electrons. The van der Waals surface area contributed by atoms with Crippen LogP contribution in [0.2, 0.25) is 10.0 Å². The van der Waals surface area contributed by atoms with Crippen LogP contribution in [-0.2, 0) is 22.7 Å². The number of hydrogen-bond acceptors (Lipinski definition) is 4. The number of carbonyl (C=O) groups is 2. The van der Waals surface area contributed by atoms with E-state index in [1.165, 1.54) is 11.2 Å². The van der Waals surface area contributed by atoms with Crippen LogP contribution in [0.3, 0.4) is 0 Å². The van der Waals surface area contributed by atoms with Gasteiger partial charge in [0.05, 0.1) is 17.8 Å². The molecule has 0 bridgehead atoms. The molecule has 2 aromatic carbocycles. The molecule has 3 aromatic rings. The maximum absolute atomic E-state index is 13.0. The molecule has 0 aliphatic rings. The summed E-state index contributed by atoms with van der Waals surface area (Å²) in [5.74, 6) is 0.365. The lowest BCUT2D eigenvalue weighted by molar-refractivity contribution is -0.142. The Morgan fingerprint density at radius 2 is 1.81 bits per heavy atom. The van der Waals surface area contributed by atoms with Crippen LogP contribution in [-0.4, -0.2) is 29.4 Å². The van der Waals surface area contributed by atoms with Crippen LogP contribution < -0.4 is 10.1 Å². The van der Waals surface area contributed by atoms with Gasteiger partial charge in [-0.25, -0.2) is 0 Å². The van der Waals surface area contributed by atoms with E-state index in [1.54, 1.807) is 55.5 Å². The van der Waals surface area contributed by atoms with E-state index in [4.69, 9.17) is 32.4 Å². The molecule has 1 unspecified atom stereocenters. The zero-order chi connectivity index (χ0) is 22.2. The van der Waals surface area contributed by atoms with Gasteiger partial charge in [-0.2, -0.15) is 0 Å². The number of rotatable bonds is 9. The van der Waals surface area contributed by atoms with Gasteiger partial charge in [-0.05, 0) is 48.9 Å². The van der Waals surface area contributed by atoms with Gasteiger partial charge in [0.2, 0.25) is 5.91 Å². The molecule has 0 fully saturated rings. The highest BCUT2D eigenvalue weighted by atomic mass is 35.5. The third-order valence-corrected chi connectivity index (χ3v) is 5.20. The summed E-state index contributed by atoms with van der Waals surface area (Å²) in [4.78, 5) is 27.2. The fourth-order valence-electron chi connectivity index (χ4n) is 2.89. The van der Waals surface area contributed by atoms with Crippen LogP contribution in [0.4, 0.5) is 0 Å². The Balaban J connectivity index is 1.70. The number of ether oxygens (including phenoxy) is 1. The number of furan rings is 1. The van der Waals surface area contributed by atoms with Crippen molar-refractivity contribution in [2.45, 2.75) is 26.1 Å². The van der Waals surface area contributed by atoms with Crippen molar-refractivity contribution in [1.82, 2.24) is 10.2 Å². The molecule has 1 N–H and O–H groups in total. The molecule has 1 aromatic heterocycles. The number of nitrogens with one attached hydrogen (secondary N) is 1. The quantitative estimate of drug-likeness (QED) is 0.502. The Bertz CT molecular complexity index is 1010. The van der Waals surface area contributed by atoms with E-state index < -0.39 is 6.04 Å². The van der Waals surface area contributed by atoms with E-state index in [-0.39, 0.29) is 31.5 Å². The first-order chi connectivity index (χ1) is 14.9. The fourth-order valence-corrected chi connectivity index (χ4v) is 3.20. The lowest BCUT2D eigenvalue weighted by Gasteiger charge is -2.28. The van der Waals surface area contributed by atoms with E-state index in [0.717, 1.165) is 5.56 Å². The number of benzene rings is 2. The number of amides is 2. The van der Waals surface area contributed by atoms with Crippen LogP contribution in [0.15, 0.2) is 71.3 Å². The van der Waals surface area contributed by atoms with Gasteiger partial charge in [0, 0.05) is 11.6 Å². The first-order valence-electron chi connectivity index (χ1n) is 9.65. The van der Waals surface area contributed by atoms with Crippen LogP contribution in [0.1, 0.15) is 18.2 Å². The summed E-state index contributed by atoms with van der Waals surface area (Å²) in [6.07, 6.45) is 1.54. The minimum Gasteiger partial charge on any atom is -0.482 e. The van der Waals surface area contributed by atoms with Crippen LogP contribution in [0.25, 0.3) is 0 Å². The van der Waals surface area contributed by atoms with Crippen molar-refractivity contribution in [1.29, 1.82) is 0 Å². The first kappa shape index (κ1) is 22.7. The van der Waals surface area contributed by atoms with Crippen LogP contribution in [0.5, 0.6) is 5.75 Å². The molecule has 6 nitrogen and oxygen atoms in total. The van der Waals surface area contributed by atoms with E-state index >= 15 is 0 Å². The SMILES string of the molecule is CC(C(=O)NCc1ccco1)N(Cc1ccc(Cl)cc1)C(=O)COc1ccccc1Cl. The van der Waals surface area contributed by atoms with Crippen molar-refractivity contribution in [2.24, 2.45) is 0 Å². The smallest absolute Gasteiger partial charge is 0.261 e. The lowest BCUT2D eigenvalue weighted by Crippen LogP contribution is -2.48. The standard InChI is InChI=1S/C23H22Cl2N2O4/c1-16(23(29)26-13-19-5-4-12-30-19)27(14-17-8-10-18(24)11-9-17)22(28)15-31-21-7-3-2-6-20(21)25/h2-12,16H,13-15H2,1H3,(H,26,29). The molecule has 2 amide bonds. The summed E-state index contributed by atoms with van der Waals surface area (Å²) in [7, 11) is 0. The average Bonchev–Trinajstić information content (AvgIpc) is 3.29. The molecule has 0 saturated carbocycles. The normalized spacial score (nSPS) is 11.6. The van der Waals surface area contributed by atoms with Gasteiger partial charge >= 0.3 is 0 Å². The monoisotopic (exact) mass is 460 g/mol. The van der Waals surface area contributed by atoms with Gasteiger partial charge in [0.1, 0.15) is 17.6 Å². The number of nitrogens with zero attached hydrogens (tertiary/aromatic N) is 1. The number of carbonyl (C=O) groups excluding carboxylic acids is 2. The fraction of sp³-hybridized carbons (Fsp3) is 0.217. The highest BCUT2D eigenvalue weighted by molar-refractivity contribution is 6.32. The summed E-state index contributed by atoms with van der Waals surface area (Å²) < 4.78 is 10.8. The molecule has 1 atom stereocenters. The van der Waals surface area contributed by atoms with Gasteiger partial charge in [0.15, 0.2) is 6.61 Å². The largest absolute Gasteiger partial charge is 0.482 e. The van der Waals surface area contributed by atoms with E-state index in [1.807, 2.05) is 12.1 Å². The Labute approximate surface area is 190 Å². The van der Waals surface area contributed by atoms with Gasteiger partial charge < -0.3 is 19.4 Å². The molecule has 0 saturated heterocycles. The molecule has 0 aliphatic carbocycles. The topological polar surface area (TPSA) is 71.8 Å². The van der Waals surface area contributed by atoms with E-state index in [2.05, 4.69) is 5.32 Å². The summed E-state index contributed by atoms with van der Waals surface area (Å²) in [6.45, 7) is 1.86. The van der Waals surface area contributed by atoms with Crippen molar-refractivity contribution < 1.29 is 18.7 Å². The van der Waals surface area contributed by atoms with Crippen LogP contribution >= 0.6 is 23.2 Å². The maximum Gasteiger partial charge on any atom is 0.261 e. The summed E-state index contributed by atoms with van der Waals surface area (Å²) in [5, 5.41) is 3.79. The second-order valence-electron chi connectivity index (χ2n) is 6.84. The number of para-hydroxylation sites is 1. The van der Waals surface area contributed by atoms with Gasteiger partial charge in [-0.1, -0.05) is 47.5 Å². The van der Waals surface area contributed by atoms with Gasteiger partial charge in [-0.15, -0.1) is 0 Å².